The second-order valence-electron chi connectivity index (χ2n) is 4.10. The van der Waals surface area contributed by atoms with Crippen LogP contribution in [0.1, 0.15) is 5.56 Å². The number of hydrogen-bond donors (Lipinski definition) is 0. The largest absolute Gasteiger partial charge is 0.468 e. The number of carbonyl (C=O) groups excluding carboxylic acids is 1. The molecular weight excluding hydrogens is 238 g/mol. The maximum Gasteiger partial charge on any atom is 0.321 e. The van der Waals surface area contributed by atoms with Crippen LogP contribution in [0, 0.1) is 0 Å². The smallest absolute Gasteiger partial charge is 0.321 e. The summed E-state index contributed by atoms with van der Waals surface area (Å²) in [6, 6.07) is 5.87. The first kappa shape index (κ1) is 10.7. The molecule has 0 spiro atoms. The van der Waals surface area contributed by atoms with Crippen molar-refractivity contribution in [1.82, 2.24) is 4.98 Å². The maximum atomic E-state index is 11.9. The molecule has 17 heavy (non-hydrogen) atoms. The van der Waals surface area contributed by atoms with Crippen LogP contribution in [-0.2, 0) is 19.7 Å². The quantitative estimate of drug-likeness (QED) is 0.761. The third-order valence-electron chi connectivity index (χ3n) is 3.16. The van der Waals surface area contributed by atoms with Crippen molar-refractivity contribution in [3.05, 3.63) is 29.3 Å². The van der Waals surface area contributed by atoms with Gasteiger partial charge < -0.3 is 9.47 Å². The molecule has 0 radical (unpaired) electrons. The molecule has 1 aliphatic heterocycles. The molecule has 4 nitrogen and oxygen atoms in total. The molecule has 0 unspecified atom stereocenters. The molecule has 0 N–H and O–H groups in total. The molecule has 88 valence electrons. The van der Waals surface area contributed by atoms with E-state index in [0.29, 0.717) is 13.2 Å². The predicted molar refractivity (Wildman–Crippen MR) is 64.1 cm³/mol. The molecule has 1 saturated heterocycles. The Morgan fingerprint density at radius 2 is 2.35 bits per heavy atom. The number of esters is 1. The Hall–Kier alpha value is -1.46. The highest BCUT2D eigenvalue weighted by Gasteiger charge is 2.48. The Balaban J connectivity index is 2.09. The minimum atomic E-state index is -0.618. The van der Waals surface area contributed by atoms with Crippen molar-refractivity contribution in [2.75, 3.05) is 20.3 Å². The van der Waals surface area contributed by atoms with E-state index in [-0.39, 0.29) is 5.97 Å². The van der Waals surface area contributed by atoms with Crippen LogP contribution in [0.2, 0.25) is 0 Å². The van der Waals surface area contributed by atoms with E-state index in [2.05, 4.69) is 4.98 Å². The highest BCUT2D eigenvalue weighted by molar-refractivity contribution is 7.16. The second kappa shape index (κ2) is 3.78. The summed E-state index contributed by atoms with van der Waals surface area (Å²) in [7, 11) is 1.41. The summed E-state index contributed by atoms with van der Waals surface area (Å²) in [5.74, 6) is -0.229. The number of hydrogen-bond acceptors (Lipinski definition) is 5. The fourth-order valence-corrected chi connectivity index (χ4v) is 2.77. The van der Waals surface area contributed by atoms with Crippen LogP contribution in [0.4, 0.5) is 0 Å². The van der Waals surface area contributed by atoms with E-state index in [4.69, 9.17) is 9.47 Å². The molecule has 0 atom stereocenters. The van der Waals surface area contributed by atoms with Crippen LogP contribution >= 0.6 is 11.3 Å². The van der Waals surface area contributed by atoms with Crippen molar-refractivity contribution >= 4 is 27.5 Å². The fourth-order valence-electron chi connectivity index (χ4n) is 2.06. The molecule has 0 amide bonds. The standard InChI is InChI=1S/C12H11NO3S/c1-15-11(14)12(5-16-6-12)8-2-3-9-10(4-8)17-7-13-9/h2-4,7H,5-6H2,1H3. The van der Waals surface area contributed by atoms with Gasteiger partial charge in [0.2, 0.25) is 0 Å². The first-order valence-corrected chi connectivity index (χ1v) is 6.14. The van der Waals surface area contributed by atoms with Gasteiger partial charge >= 0.3 is 5.97 Å². The Morgan fingerprint density at radius 3 is 3.00 bits per heavy atom. The highest BCUT2D eigenvalue weighted by atomic mass is 32.1. The minimum Gasteiger partial charge on any atom is -0.468 e. The molecule has 2 aromatic rings. The maximum absolute atomic E-state index is 11.9. The van der Waals surface area contributed by atoms with Crippen LogP contribution in [0.25, 0.3) is 10.2 Å². The van der Waals surface area contributed by atoms with Crippen LogP contribution in [0.15, 0.2) is 23.7 Å². The number of fused-ring (bicyclic) bond motifs is 1. The molecule has 1 fully saturated rings. The van der Waals surface area contributed by atoms with E-state index in [1.165, 1.54) is 7.11 Å². The Bertz CT molecular complexity index is 574. The van der Waals surface area contributed by atoms with Crippen LogP contribution in [0.5, 0.6) is 0 Å². The number of aromatic nitrogens is 1. The van der Waals surface area contributed by atoms with Gasteiger partial charge in [-0.05, 0) is 17.7 Å². The lowest BCUT2D eigenvalue weighted by Gasteiger charge is -2.38. The summed E-state index contributed by atoms with van der Waals surface area (Å²) in [4.78, 5) is 16.1. The molecule has 5 heteroatoms. The third kappa shape index (κ3) is 1.46. The van der Waals surface area contributed by atoms with Crippen molar-refractivity contribution in [2.45, 2.75) is 5.41 Å². The van der Waals surface area contributed by atoms with Gasteiger partial charge in [-0.1, -0.05) is 6.07 Å². The summed E-state index contributed by atoms with van der Waals surface area (Å²) in [5.41, 5.74) is 3.09. The van der Waals surface area contributed by atoms with Gasteiger partial charge in [-0.15, -0.1) is 11.3 Å². The van der Waals surface area contributed by atoms with Crippen molar-refractivity contribution < 1.29 is 14.3 Å². The van der Waals surface area contributed by atoms with Crippen LogP contribution in [-0.4, -0.2) is 31.3 Å². The predicted octanol–water partition coefficient (Wildman–Crippen LogP) is 1.74. The van der Waals surface area contributed by atoms with Gasteiger partial charge in [0.15, 0.2) is 0 Å². The third-order valence-corrected chi connectivity index (χ3v) is 3.95. The Kier molecular flexibility index (Phi) is 2.38. The lowest BCUT2D eigenvalue weighted by molar-refractivity contribution is -0.166. The van der Waals surface area contributed by atoms with Gasteiger partial charge in [0.25, 0.3) is 0 Å². The number of methoxy groups -OCH3 is 1. The normalized spacial score (nSPS) is 17.7. The van der Waals surface area contributed by atoms with E-state index in [1.54, 1.807) is 16.8 Å². The summed E-state index contributed by atoms with van der Waals surface area (Å²) in [5, 5.41) is 0. The van der Waals surface area contributed by atoms with E-state index in [9.17, 15) is 4.79 Å². The topological polar surface area (TPSA) is 48.4 Å². The average molecular weight is 249 g/mol. The first-order chi connectivity index (χ1) is 8.26. The van der Waals surface area contributed by atoms with Crippen LogP contribution < -0.4 is 0 Å². The number of rotatable bonds is 2. The molecule has 0 bridgehead atoms. The van der Waals surface area contributed by atoms with E-state index in [1.807, 2.05) is 18.2 Å². The number of benzene rings is 1. The summed E-state index contributed by atoms with van der Waals surface area (Å²) >= 11 is 1.57. The SMILES string of the molecule is COC(=O)C1(c2ccc3ncsc3c2)COC1. The highest BCUT2D eigenvalue weighted by Crippen LogP contribution is 2.35. The number of nitrogens with zero attached hydrogens (tertiary/aromatic N) is 1. The summed E-state index contributed by atoms with van der Waals surface area (Å²) in [6.45, 7) is 0.786. The van der Waals surface area contributed by atoms with Crippen molar-refractivity contribution in [1.29, 1.82) is 0 Å². The second-order valence-corrected chi connectivity index (χ2v) is 4.99. The monoisotopic (exact) mass is 249 g/mol. The van der Waals surface area contributed by atoms with Gasteiger partial charge in [-0.3, -0.25) is 4.79 Å². The summed E-state index contributed by atoms with van der Waals surface area (Å²) in [6.07, 6.45) is 0. The summed E-state index contributed by atoms with van der Waals surface area (Å²) < 4.78 is 11.2. The first-order valence-electron chi connectivity index (χ1n) is 5.26. The van der Waals surface area contributed by atoms with Gasteiger partial charge in [0.1, 0.15) is 5.41 Å². The van der Waals surface area contributed by atoms with Crippen molar-refractivity contribution in [2.24, 2.45) is 0 Å². The molecule has 1 aromatic heterocycles. The molecule has 0 saturated carbocycles. The lowest BCUT2D eigenvalue weighted by Crippen LogP contribution is -2.53. The lowest BCUT2D eigenvalue weighted by atomic mass is 9.78. The zero-order chi connectivity index (χ0) is 11.9. The molecular formula is C12H11NO3S. The van der Waals surface area contributed by atoms with Gasteiger partial charge in [0.05, 0.1) is 36.1 Å². The van der Waals surface area contributed by atoms with E-state index in [0.717, 1.165) is 15.8 Å². The van der Waals surface area contributed by atoms with Gasteiger partial charge in [-0.2, -0.15) is 0 Å². The molecule has 1 aliphatic rings. The molecule has 2 heterocycles. The van der Waals surface area contributed by atoms with E-state index >= 15 is 0 Å². The Labute approximate surface area is 102 Å². The van der Waals surface area contributed by atoms with Gasteiger partial charge in [-0.25, -0.2) is 4.98 Å². The van der Waals surface area contributed by atoms with Crippen molar-refractivity contribution in [3.8, 4) is 0 Å². The molecule has 3 rings (SSSR count). The number of ether oxygens (including phenoxy) is 2. The zero-order valence-corrected chi connectivity index (χ0v) is 10.1. The zero-order valence-electron chi connectivity index (χ0n) is 9.30. The molecule has 1 aromatic carbocycles. The average Bonchev–Trinajstić information content (AvgIpc) is 2.74. The van der Waals surface area contributed by atoms with Crippen LogP contribution in [0.3, 0.4) is 0 Å². The number of thiazole rings is 1. The number of carbonyl (C=O) groups is 1. The Morgan fingerprint density at radius 1 is 1.53 bits per heavy atom. The van der Waals surface area contributed by atoms with E-state index < -0.39 is 5.41 Å². The van der Waals surface area contributed by atoms with Crippen molar-refractivity contribution in [3.63, 3.8) is 0 Å². The van der Waals surface area contributed by atoms with Gasteiger partial charge in [0, 0.05) is 0 Å². The molecule has 0 aliphatic carbocycles. The minimum absolute atomic E-state index is 0.229. The fraction of sp³-hybridized carbons (Fsp3) is 0.333.